The molecule has 2 heterocycles. The quantitative estimate of drug-likeness (QED) is 0.648. The zero-order chi connectivity index (χ0) is 24.1. The lowest BCUT2D eigenvalue weighted by molar-refractivity contribution is -0.145. The molecular formula is C26H30FN3O4. The van der Waals surface area contributed by atoms with Crippen LogP contribution < -0.4 is 10.1 Å². The average molecular weight is 468 g/mol. The van der Waals surface area contributed by atoms with Crippen molar-refractivity contribution in [3.05, 3.63) is 65.5 Å². The molecule has 4 rings (SSSR count). The van der Waals surface area contributed by atoms with E-state index in [9.17, 15) is 18.8 Å². The lowest BCUT2D eigenvalue weighted by Gasteiger charge is -2.35. The number of nitrogens with zero attached hydrogens (tertiary/aromatic N) is 2. The van der Waals surface area contributed by atoms with Crippen molar-refractivity contribution in [3.63, 3.8) is 0 Å². The summed E-state index contributed by atoms with van der Waals surface area (Å²) in [6.07, 6.45) is 2.53. The first-order valence-electron chi connectivity index (χ1n) is 11.6. The van der Waals surface area contributed by atoms with Crippen LogP contribution in [-0.2, 0) is 27.3 Å². The predicted octanol–water partition coefficient (Wildman–Crippen LogP) is 2.68. The summed E-state index contributed by atoms with van der Waals surface area (Å²) in [6, 6.07) is 13.9. The largest absolute Gasteiger partial charge is 0.497 e. The Kier molecular flexibility index (Phi) is 7.14. The van der Waals surface area contributed by atoms with E-state index in [4.69, 9.17) is 4.74 Å². The van der Waals surface area contributed by atoms with Crippen LogP contribution in [-0.4, -0.2) is 59.8 Å². The topological polar surface area (TPSA) is 79.0 Å². The van der Waals surface area contributed by atoms with Gasteiger partial charge in [-0.2, -0.15) is 0 Å². The summed E-state index contributed by atoms with van der Waals surface area (Å²) < 4.78 is 18.7. The first kappa shape index (κ1) is 23.7. The third kappa shape index (κ3) is 5.73. The molecule has 1 N–H and O–H groups in total. The summed E-state index contributed by atoms with van der Waals surface area (Å²) in [5.74, 6) is 0.202. The zero-order valence-electron chi connectivity index (χ0n) is 19.4. The van der Waals surface area contributed by atoms with E-state index in [2.05, 4.69) is 5.32 Å². The number of halogens is 1. The number of ether oxygens (including phenoxy) is 1. The summed E-state index contributed by atoms with van der Waals surface area (Å²) >= 11 is 0. The van der Waals surface area contributed by atoms with Gasteiger partial charge in [0.25, 0.3) is 0 Å². The van der Waals surface area contributed by atoms with Crippen molar-refractivity contribution < 1.29 is 23.5 Å². The highest BCUT2D eigenvalue weighted by Crippen LogP contribution is 2.30. The van der Waals surface area contributed by atoms with E-state index in [-0.39, 0.29) is 36.5 Å². The van der Waals surface area contributed by atoms with Crippen LogP contribution in [0.5, 0.6) is 5.75 Å². The highest BCUT2D eigenvalue weighted by atomic mass is 19.1. The Morgan fingerprint density at radius 1 is 1.12 bits per heavy atom. The van der Waals surface area contributed by atoms with Crippen molar-refractivity contribution in [2.75, 3.05) is 26.7 Å². The predicted molar refractivity (Wildman–Crippen MR) is 124 cm³/mol. The van der Waals surface area contributed by atoms with Gasteiger partial charge in [-0.15, -0.1) is 0 Å². The molecule has 1 atom stereocenters. The molecule has 2 aliphatic heterocycles. The van der Waals surface area contributed by atoms with Crippen LogP contribution in [0, 0.1) is 5.82 Å². The highest BCUT2D eigenvalue weighted by molar-refractivity contribution is 5.86. The Bertz CT molecular complexity index is 1060. The van der Waals surface area contributed by atoms with Crippen LogP contribution in [0.15, 0.2) is 48.5 Å². The van der Waals surface area contributed by atoms with Gasteiger partial charge in [-0.25, -0.2) is 4.39 Å². The summed E-state index contributed by atoms with van der Waals surface area (Å²) in [5, 5.41) is 3.10. The minimum absolute atomic E-state index is 0.00195. The molecule has 7 nitrogen and oxygen atoms in total. The van der Waals surface area contributed by atoms with Gasteiger partial charge in [0, 0.05) is 38.0 Å². The molecule has 34 heavy (non-hydrogen) atoms. The van der Waals surface area contributed by atoms with Crippen molar-refractivity contribution in [2.24, 2.45) is 0 Å². The molecule has 8 heteroatoms. The second-order valence-corrected chi connectivity index (χ2v) is 9.11. The summed E-state index contributed by atoms with van der Waals surface area (Å²) in [7, 11) is 1.62. The molecule has 0 spiro atoms. The molecule has 0 bridgehead atoms. The molecule has 2 aliphatic rings. The third-order valence-electron chi connectivity index (χ3n) is 6.69. The summed E-state index contributed by atoms with van der Waals surface area (Å²) in [5.41, 5.74) is 1.33. The standard InChI is InChI=1S/C26H30FN3O4/c1-34-22-7-5-19(6-8-22)16-26(11-9-23(31)28-26)12-10-24(32)30-14-13-29(25(33)18-30)17-20-3-2-4-21(27)15-20/h2-8,15H,9-14,16-18H2,1H3,(H,28,31). The molecule has 0 radical (unpaired) electrons. The zero-order valence-corrected chi connectivity index (χ0v) is 19.4. The van der Waals surface area contributed by atoms with Gasteiger partial charge in [-0.05, 0) is 54.7 Å². The van der Waals surface area contributed by atoms with Gasteiger partial charge in [0.1, 0.15) is 11.6 Å². The SMILES string of the molecule is COc1ccc(CC2(CCC(=O)N3CCN(Cc4cccc(F)c4)C(=O)C3)CCC(=O)N2)cc1. The van der Waals surface area contributed by atoms with E-state index in [1.165, 1.54) is 12.1 Å². The van der Waals surface area contributed by atoms with E-state index < -0.39 is 5.54 Å². The maximum atomic E-state index is 13.4. The number of rotatable bonds is 8. The maximum Gasteiger partial charge on any atom is 0.242 e. The van der Waals surface area contributed by atoms with Gasteiger partial charge in [-0.1, -0.05) is 24.3 Å². The molecule has 0 aromatic heterocycles. The minimum atomic E-state index is -0.468. The fourth-order valence-electron chi connectivity index (χ4n) is 4.76. The van der Waals surface area contributed by atoms with Gasteiger partial charge in [0.15, 0.2) is 0 Å². The number of carbonyl (C=O) groups excluding carboxylic acids is 3. The smallest absolute Gasteiger partial charge is 0.242 e. The van der Waals surface area contributed by atoms with Gasteiger partial charge in [-0.3, -0.25) is 14.4 Å². The number of carbonyl (C=O) groups is 3. The van der Waals surface area contributed by atoms with Crippen LogP contribution in [0.25, 0.3) is 0 Å². The summed E-state index contributed by atoms with van der Waals surface area (Å²) in [4.78, 5) is 40.9. The number of hydrogen-bond acceptors (Lipinski definition) is 4. The number of methoxy groups -OCH3 is 1. The van der Waals surface area contributed by atoms with Crippen LogP contribution >= 0.6 is 0 Å². The van der Waals surface area contributed by atoms with E-state index in [1.807, 2.05) is 24.3 Å². The van der Waals surface area contributed by atoms with Crippen molar-refractivity contribution in [2.45, 2.75) is 44.2 Å². The van der Waals surface area contributed by atoms with Crippen molar-refractivity contribution in [1.29, 1.82) is 0 Å². The number of piperazine rings is 1. The highest BCUT2D eigenvalue weighted by Gasteiger charge is 2.38. The lowest BCUT2D eigenvalue weighted by atomic mass is 9.85. The Labute approximate surface area is 198 Å². The molecular weight excluding hydrogens is 437 g/mol. The van der Waals surface area contributed by atoms with Crippen LogP contribution in [0.2, 0.25) is 0 Å². The monoisotopic (exact) mass is 467 g/mol. The molecule has 1 unspecified atom stereocenters. The van der Waals surface area contributed by atoms with Crippen LogP contribution in [0.3, 0.4) is 0 Å². The van der Waals surface area contributed by atoms with E-state index in [0.29, 0.717) is 45.3 Å². The number of amides is 3. The molecule has 0 aliphatic carbocycles. The van der Waals surface area contributed by atoms with Crippen molar-refractivity contribution in [3.8, 4) is 5.75 Å². The Morgan fingerprint density at radius 3 is 2.56 bits per heavy atom. The van der Waals surface area contributed by atoms with E-state index in [0.717, 1.165) is 16.9 Å². The van der Waals surface area contributed by atoms with Crippen LogP contribution in [0.4, 0.5) is 4.39 Å². The number of benzene rings is 2. The lowest BCUT2D eigenvalue weighted by Crippen LogP contribution is -2.52. The average Bonchev–Trinajstić information content (AvgIpc) is 3.19. The van der Waals surface area contributed by atoms with Crippen molar-refractivity contribution in [1.82, 2.24) is 15.1 Å². The third-order valence-corrected chi connectivity index (χ3v) is 6.69. The normalized spacial score (nSPS) is 20.4. The Morgan fingerprint density at radius 2 is 1.91 bits per heavy atom. The Balaban J connectivity index is 1.33. The molecule has 2 aromatic carbocycles. The van der Waals surface area contributed by atoms with Crippen LogP contribution in [0.1, 0.15) is 36.8 Å². The van der Waals surface area contributed by atoms with Gasteiger partial charge in [0.2, 0.25) is 17.7 Å². The number of nitrogens with one attached hydrogen (secondary N) is 1. The summed E-state index contributed by atoms with van der Waals surface area (Å²) in [6.45, 7) is 1.20. The molecule has 180 valence electrons. The molecule has 2 fully saturated rings. The molecule has 2 saturated heterocycles. The number of hydrogen-bond donors (Lipinski definition) is 1. The van der Waals surface area contributed by atoms with E-state index >= 15 is 0 Å². The molecule has 3 amide bonds. The van der Waals surface area contributed by atoms with Crippen molar-refractivity contribution >= 4 is 17.7 Å². The van der Waals surface area contributed by atoms with Gasteiger partial charge in [0.05, 0.1) is 13.7 Å². The Hall–Kier alpha value is -3.42. The van der Waals surface area contributed by atoms with Gasteiger partial charge < -0.3 is 19.9 Å². The second kappa shape index (κ2) is 10.2. The fraction of sp³-hybridized carbons (Fsp3) is 0.423. The first-order valence-corrected chi connectivity index (χ1v) is 11.6. The fourth-order valence-corrected chi connectivity index (χ4v) is 4.76. The first-order chi connectivity index (χ1) is 16.4. The molecule has 2 aromatic rings. The second-order valence-electron chi connectivity index (χ2n) is 9.11. The minimum Gasteiger partial charge on any atom is -0.497 e. The molecule has 0 saturated carbocycles. The van der Waals surface area contributed by atoms with Gasteiger partial charge >= 0.3 is 0 Å². The maximum absolute atomic E-state index is 13.4. The van der Waals surface area contributed by atoms with E-state index in [1.54, 1.807) is 29.0 Å².